The highest BCUT2D eigenvalue weighted by Crippen LogP contribution is 2.33. The van der Waals surface area contributed by atoms with Gasteiger partial charge in [-0.1, -0.05) is 11.6 Å². The third-order valence-electron chi connectivity index (χ3n) is 3.75. The van der Waals surface area contributed by atoms with E-state index in [9.17, 15) is 9.90 Å². The molecule has 2 aromatic heterocycles. The molecule has 0 atom stereocenters. The Hall–Kier alpha value is -3.05. The number of anilines is 2. The van der Waals surface area contributed by atoms with Crippen LogP contribution in [0.15, 0.2) is 59.4 Å². The number of aromatic hydroxyl groups is 1. The first-order chi connectivity index (χ1) is 11.6. The average Bonchev–Trinajstić information content (AvgIpc) is 2.57. The Balaban J connectivity index is 2.02. The monoisotopic (exact) mass is 337 g/mol. The molecule has 4 rings (SSSR count). The van der Waals surface area contributed by atoms with E-state index in [2.05, 4.69) is 15.3 Å². The lowest BCUT2D eigenvalue weighted by Crippen LogP contribution is -2.06. The summed E-state index contributed by atoms with van der Waals surface area (Å²) in [6.45, 7) is 0. The number of H-pyrrole nitrogens is 1. The Labute approximate surface area is 141 Å². The number of rotatable bonds is 2. The Kier molecular flexibility index (Phi) is 3.36. The van der Waals surface area contributed by atoms with Crippen LogP contribution in [0.3, 0.4) is 0 Å². The van der Waals surface area contributed by atoms with E-state index in [0.717, 1.165) is 22.3 Å². The lowest BCUT2D eigenvalue weighted by molar-refractivity contribution is 0.475. The minimum absolute atomic E-state index is 0.185. The van der Waals surface area contributed by atoms with Crippen molar-refractivity contribution < 1.29 is 5.11 Å². The summed E-state index contributed by atoms with van der Waals surface area (Å²) in [6.07, 6.45) is 0. The SMILES string of the molecule is O=c1ccc2nc3cc(Cl)ccc3c(Nc3ccc(O)cc3)c2[nH]1. The number of aromatic nitrogens is 2. The lowest BCUT2D eigenvalue weighted by atomic mass is 10.1. The van der Waals surface area contributed by atoms with Gasteiger partial charge in [-0.3, -0.25) is 4.79 Å². The summed E-state index contributed by atoms with van der Waals surface area (Å²) in [7, 11) is 0. The van der Waals surface area contributed by atoms with Gasteiger partial charge in [0.1, 0.15) is 5.75 Å². The second-order valence-electron chi connectivity index (χ2n) is 5.40. The molecule has 0 saturated carbocycles. The molecule has 0 saturated heterocycles. The van der Waals surface area contributed by atoms with Crippen LogP contribution in [-0.4, -0.2) is 15.1 Å². The number of pyridine rings is 2. The maximum Gasteiger partial charge on any atom is 0.248 e. The van der Waals surface area contributed by atoms with Crippen molar-refractivity contribution >= 4 is 44.9 Å². The summed E-state index contributed by atoms with van der Waals surface area (Å²) in [4.78, 5) is 19.2. The van der Waals surface area contributed by atoms with Gasteiger partial charge in [-0.25, -0.2) is 4.98 Å². The summed E-state index contributed by atoms with van der Waals surface area (Å²) in [5, 5.41) is 14.2. The number of nitrogens with one attached hydrogen (secondary N) is 2. The molecule has 0 amide bonds. The van der Waals surface area contributed by atoms with Crippen molar-refractivity contribution in [2.24, 2.45) is 0 Å². The van der Waals surface area contributed by atoms with E-state index < -0.39 is 0 Å². The van der Waals surface area contributed by atoms with Crippen LogP contribution >= 0.6 is 11.6 Å². The Morgan fingerprint density at radius 1 is 1.00 bits per heavy atom. The molecular weight excluding hydrogens is 326 g/mol. The van der Waals surface area contributed by atoms with Crippen LogP contribution in [0.2, 0.25) is 5.02 Å². The maximum absolute atomic E-state index is 11.8. The van der Waals surface area contributed by atoms with E-state index in [1.54, 1.807) is 42.5 Å². The smallest absolute Gasteiger partial charge is 0.248 e. The molecule has 4 aromatic rings. The largest absolute Gasteiger partial charge is 0.508 e. The maximum atomic E-state index is 11.8. The molecule has 3 N–H and O–H groups in total. The summed E-state index contributed by atoms with van der Waals surface area (Å²) in [6, 6.07) is 15.2. The zero-order valence-corrected chi connectivity index (χ0v) is 13.1. The normalized spacial score (nSPS) is 11.0. The molecule has 6 heteroatoms. The molecule has 0 aliphatic heterocycles. The van der Waals surface area contributed by atoms with Gasteiger partial charge in [0.2, 0.25) is 5.56 Å². The number of aromatic amines is 1. The molecule has 0 aliphatic rings. The third kappa shape index (κ3) is 2.55. The predicted molar refractivity (Wildman–Crippen MR) is 96.3 cm³/mol. The van der Waals surface area contributed by atoms with Gasteiger partial charge in [0, 0.05) is 22.2 Å². The van der Waals surface area contributed by atoms with Crippen LogP contribution < -0.4 is 10.9 Å². The summed E-state index contributed by atoms with van der Waals surface area (Å²) in [5.74, 6) is 0.185. The number of phenols is 1. The number of nitrogens with zero attached hydrogens (tertiary/aromatic N) is 1. The number of fused-ring (bicyclic) bond motifs is 2. The van der Waals surface area contributed by atoms with E-state index in [-0.39, 0.29) is 11.3 Å². The van der Waals surface area contributed by atoms with E-state index in [0.29, 0.717) is 16.1 Å². The van der Waals surface area contributed by atoms with Crippen LogP contribution in [0.4, 0.5) is 11.4 Å². The van der Waals surface area contributed by atoms with Crippen LogP contribution in [0, 0.1) is 0 Å². The second kappa shape index (κ2) is 5.54. The molecule has 24 heavy (non-hydrogen) atoms. The van der Waals surface area contributed by atoms with Crippen molar-refractivity contribution in [2.45, 2.75) is 0 Å². The number of benzene rings is 2. The first kappa shape index (κ1) is 14.5. The summed E-state index contributed by atoms with van der Waals surface area (Å²) < 4.78 is 0. The second-order valence-corrected chi connectivity index (χ2v) is 5.84. The molecule has 0 aliphatic carbocycles. The quantitative estimate of drug-likeness (QED) is 0.379. The fraction of sp³-hybridized carbons (Fsp3) is 0. The Morgan fingerprint density at radius 2 is 1.79 bits per heavy atom. The molecular formula is C18H12ClN3O2. The zero-order valence-electron chi connectivity index (χ0n) is 12.4. The minimum atomic E-state index is -0.202. The number of phenolic OH excluding ortho intramolecular Hbond substituents is 1. The van der Waals surface area contributed by atoms with Gasteiger partial charge in [0.15, 0.2) is 0 Å². The van der Waals surface area contributed by atoms with Crippen LogP contribution in [0.5, 0.6) is 5.75 Å². The van der Waals surface area contributed by atoms with Gasteiger partial charge in [-0.15, -0.1) is 0 Å². The van der Waals surface area contributed by atoms with Crippen molar-refractivity contribution in [1.29, 1.82) is 0 Å². The van der Waals surface area contributed by atoms with E-state index >= 15 is 0 Å². The van der Waals surface area contributed by atoms with E-state index in [4.69, 9.17) is 11.6 Å². The molecule has 0 fully saturated rings. The number of halogens is 1. The van der Waals surface area contributed by atoms with Gasteiger partial charge in [-0.05, 0) is 48.5 Å². The van der Waals surface area contributed by atoms with Crippen LogP contribution in [0.25, 0.3) is 21.9 Å². The first-order valence-electron chi connectivity index (χ1n) is 7.28. The highest BCUT2D eigenvalue weighted by molar-refractivity contribution is 6.31. The topological polar surface area (TPSA) is 78.0 Å². The summed E-state index contributed by atoms with van der Waals surface area (Å²) in [5.41, 5.74) is 3.31. The number of hydrogen-bond donors (Lipinski definition) is 3. The fourth-order valence-electron chi connectivity index (χ4n) is 2.64. The molecule has 2 heterocycles. The minimum Gasteiger partial charge on any atom is -0.508 e. The molecule has 0 spiro atoms. The van der Waals surface area contributed by atoms with Gasteiger partial charge in [0.25, 0.3) is 0 Å². The summed E-state index contributed by atoms with van der Waals surface area (Å²) >= 11 is 6.08. The lowest BCUT2D eigenvalue weighted by Gasteiger charge is -2.13. The predicted octanol–water partition coefficient (Wildman–Crippen LogP) is 4.18. The van der Waals surface area contributed by atoms with Crippen molar-refractivity contribution in [3.05, 3.63) is 70.0 Å². The molecule has 0 bridgehead atoms. The van der Waals surface area contributed by atoms with Gasteiger partial charge < -0.3 is 15.4 Å². The van der Waals surface area contributed by atoms with Crippen LogP contribution in [0.1, 0.15) is 0 Å². The molecule has 2 aromatic carbocycles. The van der Waals surface area contributed by atoms with E-state index in [1.165, 1.54) is 6.07 Å². The third-order valence-corrected chi connectivity index (χ3v) is 3.99. The van der Waals surface area contributed by atoms with E-state index in [1.807, 2.05) is 6.07 Å². The molecule has 0 unspecified atom stereocenters. The standard InChI is InChI=1S/C18H12ClN3O2/c19-10-1-6-13-15(9-10)21-14-7-8-16(24)22-18(14)17(13)20-11-2-4-12(23)5-3-11/h1-9,23H,(H,20,21)(H,22,24). The van der Waals surface area contributed by atoms with Crippen molar-refractivity contribution in [3.8, 4) is 5.75 Å². The highest BCUT2D eigenvalue weighted by atomic mass is 35.5. The molecule has 0 radical (unpaired) electrons. The Bertz CT molecular complexity index is 1120. The van der Waals surface area contributed by atoms with Crippen LogP contribution in [-0.2, 0) is 0 Å². The first-order valence-corrected chi connectivity index (χ1v) is 7.66. The van der Waals surface area contributed by atoms with Gasteiger partial charge in [0.05, 0.1) is 22.2 Å². The van der Waals surface area contributed by atoms with Crippen molar-refractivity contribution in [2.75, 3.05) is 5.32 Å². The van der Waals surface area contributed by atoms with Crippen molar-refractivity contribution in [1.82, 2.24) is 9.97 Å². The molecule has 118 valence electrons. The van der Waals surface area contributed by atoms with Gasteiger partial charge in [-0.2, -0.15) is 0 Å². The Morgan fingerprint density at radius 3 is 2.58 bits per heavy atom. The zero-order chi connectivity index (χ0) is 16.7. The van der Waals surface area contributed by atoms with Gasteiger partial charge >= 0.3 is 0 Å². The number of hydrogen-bond acceptors (Lipinski definition) is 4. The average molecular weight is 338 g/mol. The fourth-order valence-corrected chi connectivity index (χ4v) is 2.81. The highest BCUT2D eigenvalue weighted by Gasteiger charge is 2.11. The molecule has 5 nitrogen and oxygen atoms in total. The van der Waals surface area contributed by atoms with Crippen molar-refractivity contribution in [3.63, 3.8) is 0 Å².